The average Bonchev–Trinajstić information content (AvgIpc) is 3.69. The van der Waals surface area contributed by atoms with Gasteiger partial charge in [0.25, 0.3) is 0 Å². The van der Waals surface area contributed by atoms with Gasteiger partial charge in [-0.25, -0.2) is 3.11 Å². The van der Waals surface area contributed by atoms with Gasteiger partial charge in [-0.2, -0.15) is 0 Å². The molecule has 49 heavy (non-hydrogen) atoms. The van der Waals surface area contributed by atoms with E-state index in [-0.39, 0.29) is 6.04 Å². The number of nitrogens with zero attached hydrogens (tertiary/aromatic N) is 2. The molecule has 1 atom stereocenters. The molecule has 5 heteroatoms. The first kappa shape index (κ1) is 31.3. The Morgan fingerprint density at radius 3 is 2.29 bits per heavy atom. The van der Waals surface area contributed by atoms with Crippen LogP contribution < -0.4 is 5.73 Å². The van der Waals surface area contributed by atoms with Crippen LogP contribution in [0.4, 0.5) is 0 Å². The zero-order chi connectivity index (χ0) is 33.2. The van der Waals surface area contributed by atoms with Crippen molar-refractivity contribution in [1.29, 1.82) is 0 Å². The van der Waals surface area contributed by atoms with E-state index in [1.54, 1.807) is 6.20 Å². The van der Waals surface area contributed by atoms with Crippen molar-refractivity contribution in [2.24, 2.45) is 5.73 Å². The maximum atomic E-state index is 5.55. The van der Waals surface area contributed by atoms with Crippen LogP contribution in [0.5, 0.6) is 0 Å². The Balaban J connectivity index is 1.29. The Morgan fingerprint density at radius 2 is 1.41 bits per heavy atom. The molecule has 0 aliphatic carbocycles. The highest BCUT2D eigenvalue weighted by atomic mass is 127. The van der Waals surface area contributed by atoms with Gasteiger partial charge in [0, 0.05) is 61.2 Å². The van der Waals surface area contributed by atoms with E-state index >= 15 is 0 Å². The summed E-state index contributed by atoms with van der Waals surface area (Å²) in [5.74, 6) is 0. The molecular formula is C44H34IN3S. The SMILES string of the molecule is N\C=C/C=C\C=C\C(c1cccc(-c2ccccc2-n2c3ccccc3c3ccc4c5ccccc5sc4c32)c1)N(I)Cc1ccccc1. The van der Waals surface area contributed by atoms with Crippen molar-refractivity contribution in [3.05, 3.63) is 187 Å². The van der Waals surface area contributed by atoms with Crippen LogP contribution in [0.15, 0.2) is 176 Å². The lowest BCUT2D eigenvalue weighted by atomic mass is 9.97. The number of nitrogens with two attached hydrogens (primary N) is 1. The van der Waals surface area contributed by atoms with Gasteiger partial charge in [-0.05, 0) is 53.2 Å². The molecule has 0 bridgehead atoms. The largest absolute Gasteiger partial charge is 0.405 e. The minimum Gasteiger partial charge on any atom is -0.405 e. The summed E-state index contributed by atoms with van der Waals surface area (Å²) >= 11 is 4.36. The van der Waals surface area contributed by atoms with Crippen molar-refractivity contribution < 1.29 is 0 Å². The number of hydrogen-bond donors (Lipinski definition) is 1. The number of thiophene rings is 1. The van der Waals surface area contributed by atoms with Crippen molar-refractivity contribution >= 4 is 76.2 Å². The number of benzene rings is 6. The quantitative estimate of drug-likeness (QED) is 0.0902. The third-order valence-corrected chi connectivity index (χ3v) is 11.2. The monoisotopic (exact) mass is 763 g/mol. The maximum absolute atomic E-state index is 5.55. The molecule has 2 heterocycles. The fourth-order valence-corrected chi connectivity index (χ4v) is 9.01. The number of rotatable bonds is 9. The molecule has 2 aromatic heterocycles. The van der Waals surface area contributed by atoms with Crippen molar-refractivity contribution in [1.82, 2.24) is 7.68 Å². The van der Waals surface area contributed by atoms with E-state index in [9.17, 15) is 0 Å². The van der Waals surface area contributed by atoms with Gasteiger partial charge < -0.3 is 10.3 Å². The summed E-state index contributed by atoms with van der Waals surface area (Å²) in [5.41, 5.74) is 14.1. The summed E-state index contributed by atoms with van der Waals surface area (Å²) in [6, 6.07) is 50.8. The van der Waals surface area contributed by atoms with Crippen LogP contribution in [0.1, 0.15) is 17.2 Å². The Hall–Kier alpha value is -4.95. The molecule has 3 nitrogen and oxygen atoms in total. The molecular weight excluding hydrogens is 729 g/mol. The van der Waals surface area contributed by atoms with Crippen LogP contribution in [0, 0.1) is 0 Å². The lowest BCUT2D eigenvalue weighted by Crippen LogP contribution is -2.17. The molecule has 2 N–H and O–H groups in total. The van der Waals surface area contributed by atoms with Crippen LogP contribution in [0.2, 0.25) is 0 Å². The summed E-state index contributed by atoms with van der Waals surface area (Å²) in [5, 5.41) is 5.17. The summed E-state index contributed by atoms with van der Waals surface area (Å²) in [6.45, 7) is 0.816. The molecule has 0 radical (unpaired) electrons. The molecule has 238 valence electrons. The first-order valence-electron chi connectivity index (χ1n) is 16.4. The van der Waals surface area contributed by atoms with E-state index in [4.69, 9.17) is 5.73 Å². The van der Waals surface area contributed by atoms with E-state index in [0.717, 1.165) is 6.54 Å². The topological polar surface area (TPSA) is 34.2 Å². The number of allylic oxidation sites excluding steroid dienone is 4. The maximum Gasteiger partial charge on any atom is 0.0720 e. The summed E-state index contributed by atoms with van der Waals surface area (Å²) in [4.78, 5) is 0. The molecule has 0 aliphatic rings. The van der Waals surface area contributed by atoms with Crippen LogP contribution in [0.25, 0.3) is 58.8 Å². The Kier molecular flexibility index (Phi) is 8.87. The molecule has 0 saturated carbocycles. The highest BCUT2D eigenvalue weighted by Crippen LogP contribution is 2.44. The molecule has 0 spiro atoms. The van der Waals surface area contributed by atoms with Crippen molar-refractivity contribution in [2.75, 3.05) is 0 Å². The molecule has 0 fully saturated rings. The Morgan fingerprint density at radius 1 is 0.673 bits per heavy atom. The van der Waals surface area contributed by atoms with E-state index in [1.807, 2.05) is 29.6 Å². The predicted octanol–water partition coefficient (Wildman–Crippen LogP) is 12.3. The molecule has 0 saturated heterocycles. The average molecular weight is 764 g/mol. The third-order valence-electron chi connectivity index (χ3n) is 9.08. The van der Waals surface area contributed by atoms with Crippen LogP contribution in [-0.2, 0) is 6.54 Å². The molecule has 0 aliphatic heterocycles. The van der Waals surface area contributed by atoms with Gasteiger partial charge in [0.1, 0.15) is 0 Å². The van der Waals surface area contributed by atoms with E-state index in [0.29, 0.717) is 0 Å². The Bertz CT molecular complexity index is 2520. The van der Waals surface area contributed by atoms with Gasteiger partial charge in [-0.1, -0.05) is 140 Å². The van der Waals surface area contributed by atoms with Gasteiger partial charge >= 0.3 is 0 Å². The number of fused-ring (bicyclic) bond motifs is 7. The lowest BCUT2D eigenvalue weighted by Gasteiger charge is -2.25. The van der Waals surface area contributed by atoms with E-state index < -0.39 is 0 Å². The summed E-state index contributed by atoms with van der Waals surface area (Å²) in [6.07, 6.45) is 11.7. The minimum absolute atomic E-state index is 0.0471. The second-order valence-corrected chi connectivity index (χ2v) is 14.4. The summed E-state index contributed by atoms with van der Waals surface area (Å²) < 4.78 is 7.50. The first-order chi connectivity index (χ1) is 24.2. The van der Waals surface area contributed by atoms with E-state index in [2.05, 4.69) is 182 Å². The predicted molar refractivity (Wildman–Crippen MR) is 219 cm³/mol. The molecule has 1 unspecified atom stereocenters. The minimum atomic E-state index is 0.0471. The number of para-hydroxylation sites is 2. The van der Waals surface area contributed by atoms with Gasteiger partial charge in [0.2, 0.25) is 0 Å². The van der Waals surface area contributed by atoms with Gasteiger partial charge in [-0.15, -0.1) is 11.3 Å². The van der Waals surface area contributed by atoms with Gasteiger partial charge in [-0.3, -0.25) is 0 Å². The van der Waals surface area contributed by atoms with Crippen molar-refractivity contribution in [3.8, 4) is 16.8 Å². The zero-order valence-corrected chi connectivity index (χ0v) is 29.8. The molecule has 0 amide bonds. The molecule has 6 aromatic carbocycles. The second kappa shape index (κ2) is 13.9. The highest BCUT2D eigenvalue weighted by Gasteiger charge is 2.21. The van der Waals surface area contributed by atoms with Crippen molar-refractivity contribution in [2.45, 2.75) is 12.6 Å². The standard InChI is InChI=1S/C44H34IN3S/c45-47(30-31-15-4-3-5-16-31)39(22-6-1-2-13-28-46)33-18-14-17-32(29-33)34-19-7-10-23-40(34)48-41-24-11-8-20-35(41)37-26-27-38-36-21-9-12-25-42(36)49-44(38)43(37)48/h1-29,39H,30,46H2/b2-1-,22-6+,28-13-. The number of halogens is 1. The fraction of sp³-hybridized carbons (Fsp3) is 0.0455. The molecule has 8 rings (SSSR count). The zero-order valence-electron chi connectivity index (χ0n) is 26.8. The van der Waals surface area contributed by atoms with E-state index in [1.165, 1.54) is 69.9 Å². The lowest BCUT2D eigenvalue weighted by molar-refractivity contribution is 0.446. The number of aromatic nitrogens is 1. The van der Waals surface area contributed by atoms with Crippen LogP contribution >= 0.6 is 34.2 Å². The van der Waals surface area contributed by atoms with Crippen LogP contribution in [-0.4, -0.2) is 7.68 Å². The summed E-state index contributed by atoms with van der Waals surface area (Å²) in [7, 11) is 0. The van der Waals surface area contributed by atoms with Gasteiger partial charge in [0.15, 0.2) is 0 Å². The van der Waals surface area contributed by atoms with Crippen LogP contribution in [0.3, 0.4) is 0 Å². The molecule has 8 aromatic rings. The Labute approximate surface area is 304 Å². The highest BCUT2D eigenvalue weighted by molar-refractivity contribution is 14.1. The first-order valence-corrected chi connectivity index (χ1v) is 18.2. The van der Waals surface area contributed by atoms with Crippen molar-refractivity contribution in [3.63, 3.8) is 0 Å². The smallest absolute Gasteiger partial charge is 0.0720 e. The fourth-order valence-electron chi connectivity index (χ4n) is 6.87. The van der Waals surface area contributed by atoms with Gasteiger partial charge in [0.05, 0.1) is 27.5 Å². The second-order valence-electron chi connectivity index (χ2n) is 12.1. The number of hydrogen-bond acceptors (Lipinski definition) is 3. The third kappa shape index (κ3) is 5.99. The normalized spacial score (nSPS) is 13.0.